The molecule has 0 aliphatic carbocycles. The molecule has 0 radical (unpaired) electrons. The number of nitrogens with zero attached hydrogens (tertiary/aromatic N) is 1. The van der Waals surface area contributed by atoms with Crippen LogP contribution in [0.1, 0.15) is 42.5 Å². The number of halogens is 1. The van der Waals surface area contributed by atoms with E-state index in [1.165, 1.54) is 12.5 Å². The Morgan fingerprint density at radius 2 is 1.77 bits per heavy atom. The van der Waals surface area contributed by atoms with Crippen LogP contribution in [0.2, 0.25) is 5.02 Å². The highest BCUT2D eigenvalue weighted by Gasteiger charge is 2.17. The Morgan fingerprint density at radius 1 is 1.14 bits per heavy atom. The van der Waals surface area contributed by atoms with E-state index in [2.05, 4.69) is 0 Å². The second kappa shape index (κ2) is 8.03. The Kier molecular flexibility index (Phi) is 6.07. The van der Waals surface area contributed by atoms with Crippen molar-refractivity contribution in [2.24, 2.45) is 5.73 Å². The van der Waals surface area contributed by atoms with Gasteiger partial charge in [0.1, 0.15) is 5.75 Å². The molecule has 1 saturated heterocycles. The fraction of sp³-hybridized carbons (Fsp3) is 0.500. The second-order valence-corrected chi connectivity index (χ2v) is 5.88. The van der Waals surface area contributed by atoms with Crippen LogP contribution < -0.4 is 10.5 Å². The zero-order valence-corrected chi connectivity index (χ0v) is 13.3. The quantitative estimate of drug-likeness (QED) is 0.925. The van der Waals surface area contributed by atoms with Gasteiger partial charge in [0.25, 0.3) is 11.8 Å². The van der Waals surface area contributed by atoms with Gasteiger partial charge in [0.15, 0.2) is 6.61 Å². The summed E-state index contributed by atoms with van der Waals surface area (Å²) in [6.45, 7) is 1.44. The Balaban J connectivity index is 1.97. The Hall–Kier alpha value is -1.75. The van der Waals surface area contributed by atoms with E-state index >= 15 is 0 Å². The predicted molar refractivity (Wildman–Crippen MR) is 85.1 cm³/mol. The molecule has 1 fully saturated rings. The van der Waals surface area contributed by atoms with Crippen molar-refractivity contribution in [2.45, 2.75) is 32.1 Å². The third-order valence-corrected chi connectivity index (χ3v) is 4.00. The summed E-state index contributed by atoms with van der Waals surface area (Å²) < 4.78 is 5.49. The van der Waals surface area contributed by atoms with E-state index in [0.717, 1.165) is 38.8 Å². The van der Waals surface area contributed by atoms with Crippen LogP contribution >= 0.6 is 11.6 Å². The molecule has 1 aromatic carbocycles. The van der Waals surface area contributed by atoms with Gasteiger partial charge in [0, 0.05) is 18.1 Å². The topological polar surface area (TPSA) is 72.6 Å². The summed E-state index contributed by atoms with van der Waals surface area (Å²) in [5.41, 5.74) is 5.49. The van der Waals surface area contributed by atoms with Crippen LogP contribution in [-0.2, 0) is 4.79 Å². The van der Waals surface area contributed by atoms with Gasteiger partial charge in [-0.2, -0.15) is 0 Å². The van der Waals surface area contributed by atoms with Gasteiger partial charge < -0.3 is 15.4 Å². The third-order valence-electron chi connectivity index (χ3n) is 3.77. The van der Waals surface area contributed by atoms with Gasteiger partial charge in [0.05, 0.1) is 5.56 Å². The van der Waals surface area contributed by atoms with E-state index in [0.29, 0.717) is 5.02 Å². The van der Waals surface area contributed by atoms with E-state index in [9.17, 15) is 9.59 Å². The van der Waals surface area contributed by atoms with Crippen molar-refractivity contribution >= 4 is 23.4 Å². The molecule has 120 valence electrons. The van der Waals surface area contributed by atoms with Gasteiger partial charge >= 0.3 is 0 Å². The van der Waals surface area contributed by atoms with Crippen molar-refractivity contribution in [3.8, 4) is 5.75 Å². The summed E-state index contributed by atoms with van der Waals surface area (Å²) in [7, 11) is 0. The Labute approximate surface area is 135 Å². The molecule has 0 aromatic heterocycles. The first-order chi connectivity index (χ1) is 10.6. The number of benzene rings is 1. The van der Waals surface area contributed by atoms with Crippen molar-refractivity contribution in [1.82, 2.24) is 4.90 Å². The zero-order chi connectivity index (χ0) is 15.9. The first-order valence-electron chi connectivity index (χ1n) is 7.58. The molecule has 22 heavy (non-hydrogen) atoms. The summed E-state index contributed by atoms with van der Waals surface area (Å²) in [6.07, 6.45) is 5.62. The van der Waals surface area contributed by atoms with Gasteiger partial charge in [-0.1, -0.05) is 30.9 Å². The van der Waals surface area contributed by atoms with Crippen LogP contribution in [0.4, 0.5) is 0 Å². The average molecular weight is 325 g/mol. The number of ether oxygens (including phenoxy) is 1. The lowest BCUT2D eigenvalue weighted by molar-refractivity contribution is -0.133. The molecule has 0 unspecified atom stereocenters. The molecule has 2 N–H and O–H groups in total. The number of hydrogen-bond donors (Lipinski definition) is 1. The number of likely N-dealkylation sites (tertiary alicyclic amines) is 1. The molecule has 0 atom stereocenters. The normalized spacial score (nSPS) is 15.8. The molecule has 1 aliphatic heterocycles. The molecule has 1 aromatic rings. The average Bonchev–Trinajstić information content (AvgIpc) is 2.45. The lowest BCUT2D eigenvalue weighted by Gasteiger charge is -2.24. The van der Waals surface area contributed by atoms with Crippen molar-refractivity contribution < 1.29 is 14.3 Å². The zero-order valence-electron chi connectivity index (χ0n) is 12.5. The number of carbonyl (C=O) groups excluding carboxylic acids is 2. The van der Waals surface area contributed by atoms with Gasteiger partial charge in [0.2, 0.25) is 0 Å². The summed E-state index contributed by atoms with van der Waals surface area (Å²) in [4.78, 5) is 25.5. The van der Waals surface area contributed by atoms with Gasteiger partial charge in [-0.15, -0.1) is 0 Å². The molecule has 5 nitrogen and oxygen atoms in total. The van der Waals surface area contributed by atoms with Crippen LogP contribution in [0.5, 0.6) is 5.75 Å². The largest absolute Gasteiger partial charge is 0.483 e. The van der Waals surface area contributed by atoms with E-state index < -0.39 is 5.91 Å². The monoisotopic (exact) mass is 324 g/mol. The van der Waals surface area contributed by atoms with Crippen LogP contribution in [-0.4, -0.2) is 36.4 Å². The number of primary amides is 1. The summed E-state index contributed by atoms with van der Waals surface area (Å²) in [5, 5.41) is 0.399. The van der Waals surface area contributed by atoms with Gasteiger partial charge in [-0.05, 0) is 31.0 Å². The molecule has 6 heteroatoms. The van der Waals surface area contributed by atoms with Crippen LogP contribution in [0.15, 0.2) is 18.2 Å². The van der Waals surface area contributed by atoms with Gasteiger partial charge in [-0.3, -0.25) is 9.59 Å². The maximum Gasteiger partial charge on any atom is 0.260 e. The predicted octanol–water partition coefficient (Wildman–Crippen LogP) is 2.61. The highest BCUT2D eigenvalue weighted by Crippen LogP contribution is 2.22. The number of amides is 2. The number of rotatable bonds is 4. The molecular formula is C16H21ClN2O3. The second-order valence-electron chi connectivity index (χ2n) is 5.44. The van der Waals surface area contributed by atoms with Crippen LogP contribution in [0.25, 0.3) is 0 Å². The minimum Gasteiger partial charge on any atom is -0.483 e. The van der Waals surface area contributed by atoms with E-state index in [4.69, 9.17) is 22.1 Å². The highest BCUT2D eigenvalue weighted by molar-refractivity contribution is 6.31. The molecule has 1 heterocycles. The number of hydrogen-bond acceptors (Lipinski definition) is 3. The van der Waals surface area contributed by atoms with Crippen molar-refractivity contribution in [3.63, 3.8) is 0 Å². The molecule has 2 amide bonds. The number of nitrogens with two attached hydrogens (primary N) is 1. The molecule has 2 rings (SSSR count). The SMILES string of the molecule is NC(=O)c1cc(Cl)ccc1OCC(=O)N1CCCCCCC1. The first-order valence-corrected chi connectivity index (χ1v) is 7.95. The van der Waals surface area contributed by atoms with E-state index in [1.807, 2.05) is 4.90 Å². The van der Waals surface area contributed by atoms with E-state index in [-0.39, 0.29) is 23.8 Å². The first kappa shape index (κ1) is 16.6. The summed E-state index contributed by atoms with van der Waals surface area (Å²) in [5.74, 6) is -0.402. The molecule has 1 aliphatic rings. The lowest BCUT2D eigenvalue weighted by atomic mass is 10.1. The lowest BCUT2D eigenvalue weighted by Crippen LogP contribution is -2.37. The summed E-state index contributed by atoms with van der Waals surface area (Å²) >= 11 is 5.84. The minimum atomic E-state index is -0.629. The fourth-order valence-corrected chi connectivity index (χ4v) is 2.72. The van der Waals surface area contributed by atoms with Crippen molar-refractivity contribution in [3.05, 3.63) is 28.8 Å². The molecule has 0 spiro atoms. The van der Waals surface area contributed by atoms with E-state index in [1.54, 1.807) is 12.1 Å². The van der Waals surface area contributed by atoms with Crippen molar-refractivity contribution in [1.29, 1.82) is 0 Å². The molecular weight excluding hydrogens is 304 g/mol. The fourth-order valence-electron chi connectivity index (χ4n) is 2.55. The van der Waals surface area contributed by atoms with Crippen LogP contribution in [0, 0.1) is 0 Å². The maximum absolute atomic E-state index is 12.2. The molecule has 0 saturated carbocycles. The molecule has 0 bridgehead atoms. The highest BCUT2D eigenvalue weighted by atomic mass is 35.5. The third kappa shape index (κ3) is 4.63. The maximum atomic E-state index is 12.2. The van der Waals surface area contributed by atoms with Crippen molar-refractivity contribution in [2.75, 3.05) is 19.7 Å². The summed E-state index contributed by atoms with van der Waals surface area (Å²) in [6, 6.07) is 4.60. The van der Waals surface area contributed by atoms with Gasteiger partial charge in [-0.25, -0.2) is 0 Å². The Bertz CT molecular complexity index is 540. The smallest absolute Gasteiger partial charge is 0.260 e. The minimum absolute atomic E-state index is 0.0627. The Morgan fingerprint density at radius 3 is 2.41 bits per heavy atom. The van der Waals surface area contributed by atoms with Crippen LogP contribution in [0.3, 0.4) is 0 Å². The number of carbonyl (C=O) groups is 2. The standard InChI is InChI=1S/C16H21ClN2O3/c17-12-6-7-14(13(10-12)16(18)21)22-11-15(20)19-8-4-2-1-3-5-9-19/h6-7,10H,1-5,8-9,11H2,(H2,18,21).